The summed E-state index contributed by atoms with van der Waals surface area (Å²) in [4.78, 5) is 17.1. The molecule has 10 heteroatoms. The molecular weight excluding hydrogens is 401 g/mol. The zero-order chi connectivity index (χ0) is 21.5. The minimum atomic E-state index is -0.248. The van der Waals surface area contributed by atoms with E-state index in [0.29, 0.717) is 26.1 Å². The summed E-state index contributed by atoms with van der Waals surface area (Å²) in [6.45, 7) is 6.72. The minimum Gasteiger partial charge on any atom is -0.379 e. The van der Waals surface area contributed by atoms with Crippen LogP contribution >= 0.6 is 0 Å². The van der Waals surface area contributed by atoms with E-state index in [1.807, 2.05) is 12.1 Å². The zero-order valence-corrected chi connectivity index (χ0v) is 17.7. The third-order valence-electron chi connectivity index (χ3n) is 5.95. The number of carbonyl (C=O) groups is 1. The molecule has 2 fully saturated rings. The molecule has 1 atom stereocenters. The number of nitrogens with one attached hydrogen (secondary N) is 1. The van der Waals surface area contributed by atoms with Gasteiger partial charge in [-0.15, -0.1) is 5.10 Å². The van der Waals surface area contributed by atoms with Crippen LogP contribution in [0.5, 0.6) is 0 Å². The predicted molar refractivity (Wildman–Crippen MR) is 111 cm³/mol. The summed E-state index contributed by atoms with van der Waals surface area (Å²) in [5.41, 5.74) is 1.02. The second kappa shape index (κ2) is 10.7. The van der Waals surface area contributed by atoms with Crippen molar-refractivity contribution in [1.82, 2.24) is 35.3 Å². The van der Waals surface area contributed by atoms with Gasteiger partial charge < -0.3 is 10.1 Å². The predicted octanol–water partition coefficient (Wildman–Crippen LogP) is 0.988. The number of halogens is 1. The molecule has 2 aliphatic rings. The third-order valence-corrected chi connectivity index (χ3v) is 5.95. The lowest BCUT2D eigenvalue weighted by Crippen LogP contribution is -2.37. The maximum absolute atomic E-state index is 13.3. The average Bonchev–Trinajstić information content (AvgIpc) is 3.47. The largest absolute Gasteiger partial charge is 0.379 e. The molecule has 0 aliphatic carbocycles. The number of benzene rings is 1. The van der Waals surface area contributed by atoms with Gasteiger partial charge in [0.05, 0.1) is 32.3 Å². The number of aryl methyl sites for hydroxylation is 1. The summed E-state index contributed by atoms with van der Waals surface area (Å²) >= 11 is 0. The van der Waals surface area contributed by atoms with E-state index in [1.165, 1.54) is 12.1 Å². The van der Waals surface area contributed by atoms with E-state index in [-0.39, 0.29) is 17.8 Å². The van der Waals surface area contributed by atoms with E-state index >= 15 is 0 Å². The lowest BCUT2D eigenvalue weighted by molar-refractivity contribution is -0.121. The molecule has 4 rings (SSSR count). The summed E-state index contributed by atoms with van der Waals surface area (Å²) in [6, 6.07) is 6.63. The lowest BCUT2D eigenvalue weighted by atomic mass is 10.1. The molecule has 0 spiro atoms. The summed E-state index contributed by atoms with van der Waals surface area (Å²) in [5.74, 6) is 0.470. The fourth-order valence-electron chi connectivity index (χ4n) is 4.17. The first-order chi connectivity index (χ1) is 15.2. The van der Waals surface area contributed by atoms with Gasteiger partial charge in [-0.1, -0.05) is 12.1 Å². The molecular formula is C21H30FN7O2. The number of morpholine rings is 1. The molecule has 1 N–H and O–H groups in total. The number of amides is 1. The van der Waals surface area contributed by atoms with Crippen molar-refractivity contribution < 1.29 is 13.9 Å². The van der Waals surface area contributed by atoms with Gasteiger partial charge in [0, 0.05) is 26.1 Å². The molecule has 2 saturated heterocycles. The van der Waals surface area contributed by atoms with Crippen LogP contribution < -0.4 is 5.32 Å². The first-order valence-electron chi connectivity index (χ1n) is 11.0. The Morgan fingerprint density at radius 3 is 2.61 bits per heavy atom. The molecule has 0 saturated carbocycles. The summed E-state index contributed by atoms with van der Waals surface area (Å²) < 4.78 is 20.4. The van der Waals surface area contributed by atoms with Crippen LogP contribution in [0, 0.1) is 5.82 Å². The highest BCUT2D eigenvalue weighted by Gasteiger charge is 2.24. The highest BCUT2D eigenvalue weighted by Crippen LogP contribution is 2.24. The van der Waals surface area contributed by atoms with E-state index in [2.05, 4.69) is 30.6 Å². The number of ether oxygens (including phenoxy) is 1. The summed E-state index contributed by atoms with van der Waals surface area (Å²) in [6.07, 6.45) is 2.60. The van der Waals surface area contributed by atoms with Gasteiger partial charge in [-0.3, -0.25) is 14.6 Å². The number of likely N-dealkylation sites (tertiary alicyclic amines) is 1. The van der Waals surface area contributed by atoms with E-state index in [1.54, 1.807) is 4.68 Å². The number of rotatable bonds is 9. The third kappa shape index (κ3) is 6.05. The number of aromatic nitrogens is 4. The van der Waals surface area contributed by atoms with Gasteiger partial charge >= 0.3 is 0 Å². The van der Waals surface area contributed by atoms with Crippen LogP contribution in [0.25, 0.3) is 0 Å². The van der Waals surface area contributed by atoms with Crippen LogP contribution in [0.15, 0.2) is 24.3 Å². The standard InChI is InChI=1S/C21H30FN7O2/c22-18-5-3-17(4-6-18)19(28-8-1-2-9-28)15-23-21(30)7-10-29-20(24-25-26-29)16-27-11-13-31-14-12-27/h3-6,19H,1-2,7-16H2,(H,23,30). The number of nitrogens with zero attached hydrogens (tertiary/aromatic N) is 6. The SMILES string of the molecule is O=C(CCn1nnnc1CN1CCOCC1)NCC(c1ccc(F)cc1)N1CCCC1. The Kier molecular flexibility index (Phi) is 7.55. The molecule has 0 bridgehead atoms. The molecule has 1 amide bonds. The van der Waals surface area contributed by atoms with Crippen LogP contribution in [0.4, 0.5) is 4.39 Å². The smallest absolute Gasteiger partial charge is 0.221 e. The molecule has 1 aromatic carbocycles. The number of tetrazole rings is 1. The number of hydrogen-bond donors (Lipinski definition) is 1. The van der Waals surface area contributed by atoms with Crippen molar-refractivity contribution in [3.63, 3.8) is 0 Å². The van der Waals surface area contributed by atoms with Crippen molar-refractivity contribution in [2.75, 3.05) is 45.9 Å². The Morgan fingerprint density at radius 1 is 1.13 bits per heavy atom. The molecule has 3 heterocycles. The summed E-state index contributed by atoms with van der Waals surface area (Å²) in [5, 5.41) is 15.0. The van der Waals surface area contributed by atoms with Gasteiger partial charge in [-0.2, -0.15) is 0 Å². The molecule has 2 aliphatic heterocycles. The van der Waals surface area contributed by atoms with Crippen molar-refractivity contribution in [2.45, 2.75) is 38.4 Å². The monoisotopic (exact) mass is 431 g/mol. The summed E-state index contributed by atoms with van der Waals surface area (Å²) in [7, 11) is 0. The van der Waals surface area contributed by atoms with Crippen molar-refractivity contribution in [3.05, 3.63) is 41.5 Å². The molecule has 31 heavy (non-hydrogen) atoms. The molecule has 1 aromatic heterocycles. The lowest BCUT2D eigenvalue weighted by Gasteiger charge is -2.28. The first kappa shape index (κ1) is 21.8. The normalized spacial score (nSPS) is 18.9. The highest BCUT2D eigenvalue weighted by atomic mass is 19.1. The Bertz CT molecular complexity index is 833. The second-order valence-corrected chi connectivity index (χ2v) is 8.07. The fourth-order valence-corrected chi connectivity index (χ4v) is 4.17. The maximum Gasteiger partial charge on any atom is 0.221 e. The van der Waals surface area contributed by atoms with Crippen LogP contribution in [0.3, 0.4) is 0 Å². The Morgan fingerprint density at radius 2 is 1.87 bits per heavy atom. The fraction of sp³-hybridized carbons (Fsp3) is 0.619. The first-order valence-corrected chi connectivity index (χ1v) is 11.0. The van der Waals surface area contributed by atoms with E-state index in [4.69, 9.17) is 4.74 Å². The maximum atomic E-state index is 13.3. The van der Waals surface area contributed by atoms with Gasteiger partial charge in [0.2, 0.25) is 5.91 Å². The highest BCUT2D eigenvalue weighted by molar-refractivity contribution is 5.75. The Balaban J connectivity index is 1.29. The molecule has 2 aromatic rings. The van der Waals surface area contributed by atoms with Crippen molar-refractivity contribution >= 4 is 5.91 Å². The molecule has 0 radical (unpaired) electrons. The van der Waals surface area contributed by atoms with Crippen LogP contribution in [-0.2, 0) is 22.6 Å². The number of carbonyl (C=O) groups excluding carboxylic acids is 1. The van der Waals surface area contributed by atoms with Gasteiger partial charge in [0.25, 0.3) is 0 Å². The van der Waals surface area contributed by atoms with Gasteiger partial charge in [-0.05, 0) is 54.1 Å². The second-order valence-electron chi connectivity index (χ2n) is 8.07. The van der Waals surface area contributed by atoms with Crippen LogP contribution in [0.2, 0.25) is 0 Å². The van der Waals surface area contributed by atoms with Crippen LogP contribution in [-0.4, -0.2) is 81.9 Å². The molecule has 9 nitrogen and oxygen atoms in total. The van der Waals surface area contributed by atoms with E-state index in [0.717, 1.165) is 63.6 Å². The molecule has 168 valence electrons. The Labute approximate surface area is 181 Å². The van der Waals surface area contributed by atoms with Gasteiger partial charge in [0.15, 0.2) is 5.82 Å². The van der Waals surface area contributed by atoms with E-state index < -0.39 is 0 Å². The van der Waals surface area contributed by atoms with Crippen LogP contribution in [0.1, 0.15) is 36.7 Å². The molecule has 1 unspecified atom stereocenters. The van der Waals surface area contributed by atoms with E-state index in [9.17, 15) is 9.18 Å². The van der Waals surface area contributed by atoms with Crippen molar-refractivity contribution in [3.8, 4) is 0 Å². The zero-order valence-electron chi connectivity index (χ0n) is 17.7. The minimum absolute atomic E-state index is 0.0425. The quantitative estimate of drug-likeness (QED) is 0.633. The average molecular weight is 432 g/mol. The Hall–Kier alpha value is -2.43. The van der Waals surface area contributed by atoms with Crippen molar-refractivity contribution in [2.24, 2.45) is 0 Å². The number of hydrogen-bond acceptors (Lipinski definition) is 7. The topological polar surface area (TPSA) is 88.4 Å². The van der Waals surface area contributed by atoms with Crippen molar-refractivity contribution in [1.29, 1.82) is 0 Å². The van der Waals surface area contributed by atoms with Gasteiger partial charge in [0.1, 0.15) is 5.82 Å². The van der Waals surface area contributed by atoms with Gasteiger partial charge in [-0.25, -0.2) is 9.07 Å².